The standard InChI is InChI=1S/C22H23FN4O/c1-28-19-9-2-5-15(11-19)20-13-21(25-18-8-3-7-17(23)12-18)27-22(26-20)16-6-4-10-24-14-16/h2-3,5,7-9,11-13,16,24H,4,6,10,14H2,1H3,(H,25,26,27). The van der Waals surface area contributed by atoms with Crippen molar-refractivity contribution in [2.24, 2.45) is 0 Å². The predicted octanol–water partition coefficient (Wildman–Crippen LogP) is 4.50. The van der Waals surface area contributed by atoms with Crippen molar-refractivity contribution < 1.29 is 9.13 Å². The van der Waals surface area contributed by atoms with Crippen LogP contribution in [-0.4, -0.2) is 30.2 Å². The third-order valence-corrected chi connectivity index (χ3v) is 4.87. The molecule has 1 aliphatic rings. The number of hydrogen-bond donors (Lipinski definition) is 2. The number of methoxy groups -OCH3 is 1. The second kappa shape index (κ2) is 8.35. The zero-order valence-electron chi connectivity index (χ0n) is 15.8. The van der Waals surface area contributed by atoms with E-state index in [-0.39, 0.29) is 11.7 Å². The van der Waals surface area contributed by atoms with E-state index in [9.17, 15) is 4.39 Å². The number of nitrogens with zero attached hydrogens (tertiary/aromatic N) is 2. The molecule has 0 aliphatic carbocycles. The molecule has 28 heavy (non-hydrogen) atoms. The van der Waals surface area contributed by atoms with Crippen LogP contribution < -0.4 is 15.4 Å². The minimum absolute atomic E-state index is 0.257. The lowest BCUT2D eigenvalue weighted by Gasteiger charge is -2.22. The van der Waals surface area contributed by atoms with Crippen LogP contribution in [0.4, 0.5) is 15.9 Å². The fraction of sp³-hybridized carbons (Fsp3) is 0.273. The van der Waals surface area contributed by atoms with Crippen LogP contribution >= 0.6 is 0 Å². The van der Waals surface area contributed by atoms with E-state index in [2.05, 4.69) is 10.6 Å². The first kappa shape index (κ1) is 18.4. The van der Waals surface area contributed by atoms with Gasteiger partial charge in [0.05, 0.1) is 12.8 Å². The Morgan fingerprint density at radius 1 is 1.11 bits per heavy atom. The minimum atomic E-state index is -0.288. The zero-order chi connectivity index (χ0) is 19.3. The Hall–Kier alpha value is -2.99. The lowest BCUT2D eigenvalue weighted by atomic mass is 9.98. The molecule has 3 aromatic rings. The van der Waals surface area contributed by atoms with Gasteiger partial charge in [-0.15, -0.1) is 0 Å². The topological polar surface area (TPSA) is 59.1 Å². The van der Waals surface area contributed by atoms with E-state index in [0.717, 1.165) is 48.8 Å². The SMILES string of the molecule is COc1cccc(-c2cc(Nc3cccc(F)c3)nc(C3CCCNC3)n2)c1. The largest absolute Gasteiger partial charge is 0.497 e. The molecule has 2 aromatic carbocycles. The van der Waals surface area contributed by atoms with Crippen LogP contribution in [0.15, 0.2) is 54.6 Å². The van der Waals surface area contributed by atoms with Crippen molar-refractivity contribution in [1.29, 1.82) is 0 Å². The summed E-state index contributed by atoms with van der Waals surface area (Å²) in [5, 5.41) is 6.64. The highest BCUT2D eigenvalue weighted by atomic mass is 19.1. The number of piperidine rings is 1. The van der Waals surface area contributed by atoms with Crippen molar-refractivity contribution in [3.63, 3.8) is 0 Å². The molecule has 0 radical (unpaired) electrons. The van der Waals surface area contributed by atoms with Gasteiger partial charge in [-0.2, -0.15) is 0 Å². The van der Waals surface area contributed by atoms with Crippen LogP contribution in [0, 0.1) is 5.82 Å². The number of rotatable bonds is 5. The smallest absolute Gasteiger partial charge is 0.135 e. The number of ether oxygens (including phenoxy) is 1. The fourth-order valence-corrected chi connectivity index (χ4v) is 3.43. The van der Waals surface area contributed by atoms with Crippen LogP contribution in [-0.2, 0) is 0 Å². The Kier molecular flexibility index (Phi) is 5.48. The summed E-state index contributed by atoms with van der Waals surface area (Å²) in [6.45, 7) is 1.89. The highest BCUT2D eigenvalue weighted by Gasteiger charge is 2.20. The van der Waals surface area contributed by atoms with E-state index in [1.807, 2.05) is 36.4 Å². The summed E-state index contributed by atoms with van der Waals surface area (Å²) in [5.74, 6) is 2.19. The molecule has 5 nitrogen and oxygen atoms in total. The number of hydrogen-bond acceptors (Lipinski definition) is 5. The minimum Gasteiger partial charge on any atom is -0.497 e. The van der Waals surface area contributed by atoms with Crippen molar-refractivity contribution in [2.75, 3.05) is 25.5 Å². The first-order valence-corrected chi connectivity index (χ1v) is 9.48. The van der Waals surface area contributed by atoms with Crippen molar-refractivity contribution in [3.8, 4) is 17.0 Å². The quantitative estimate of drug-likeness (QED) is 0.684. The molecule has 0 spiro atoms. The summed E-state index contributed by atoms with van der Waals surface area (Å²) >= 11 is 0. The molecular weight excluding hydrogens is 355 g/mol. The van der Waals surface area contributed by atoms with Crippen LogP contribution in [0.3, 0.4) is 0 Å². The van der Waals surface area contributed by atoms with Gasteiger partial charge in [0.25, 0.3) is 0 Å². The van der Waals surface area contributed by atoms with Crippen molar-refractivity contribution in [3.05, 3.63) is 66.2 Å². The van der Waals surface area contributed by atoms with Gasteiger partial charge in [0.2, 0.25) is 0 Å². The molecule has 0 amide bonds. The Balaban J connectivity index is 1.73. The summed E-state index contributed by atoms with van der Waals surface area (Å²) in [6, 6.07) is 16.1. The Bertz CT molecular complexity index is 957. The molecule has 2 heterocycles. The number of benzene rings is 2. The van der Waals surface area contributed by atoms with Gasteiger partial charge in [0.1, 0.15) is 23.2 Å². The molecule has 6 heteroatoms. The number of nitrogens with one attached hydrogen (secondary N) is 2. The summed E-state index contributed by atoms with van der Waals surface area (Å²) in [4.78, 5) is 9.58. The van der Waals surface area contributed by atoms with E-state index in [0.29, 0.717) is 11.5 Å². The number of aromatic nitrogens is 2. The highest BCUT2D eigenvalue weighted by Crippen LogP contribution is 2.29. The normalized spacial score (nSPS) is 16.6. The van der Waals surface area contributed by atoms with Gasteiger partial charge >= 0.3 is 0 Å². The van der Waals surface area contributed by atoms with E-state index in [1.165, 1.54) is 12.1 Å². The van der Waals surface area contributed by atoms with Crippen LogP contribution in [0.5, 0.6) is 5.75 Å². The lowest BCUT2D eigenvalue weighted by molar-refractivity contribution is 0.415. The summed E-state index contributed by atoms with van der Waals surface area (Å²) in [5.41, 5.74) is 2.42. The van der Waals surface area contributed by atoms with E-state index >= 15 is 0 Å². The molecule has 1 atom stereocenters. The third-order valence-electron chi connectivity index (χ3n) is 4.87. The molecule has 4 rings (SSSR count). The lowest BCUT2D eigenvalue weighted by Crippen LogP contribution is -2.29. The van der Waals surface area contributed by atoms with Crippen molar-refractivity contribution >= 4 is 11.5 Å². The zero-order valence-corrected chi connectivity index (χ0v) is 15.8. The molecule has 1 saturated heterocycles. The Labute approximate surface area is 164 Å². The van der Waals surface area contributed by atoms with Crippen LogP contribution in [0.2, 0.25) is 0 Å². The van der Waals surface area contributed by atoms with Gasteiger partial charge in [0, 0.05) is 29.8 Å². The fourth-order valence-electron chi connectivity index (χ4n) is 3.43. The average molecular weight is 378 g/mol. The van der Waals surface area contributed by atoms with Gasteiger partial charge in [0.15, 0.2) is 0 Å². The number of halogens is 1. The number of anilines is 2. The maximum absolute atomic E-state index is 13.6. The second-order valence-electron chi connectivity index (χ2n) is 6.91. The average Bonchev–Trinajstić information content (AvgIpc) is 2.74. The van der Waals surface area contributed by atoms with E-state index in [1.54, 1.807) is 13.2 Å². The first-order valence-electron chi connectivity index (χ1n) is 9.48. The van der Waals surface area contributed by atoms with Gasteiger partial charge in [-0.1, -0.05) is 18.2 Å². The summed E-state index contributed by atoms with van der Waals surface area (Å²) < 4.78 is 18.9. The van der Waals surface area contributed by atoms with Crippen LogP contribution in [0.1, 0.15) is 24.6 Å². The second-order valence-corrected chi connectivity index (χ2v) is 6.91. The van der Waals surface area contributed by atoms with Crippen molar-refractivity contribution in [1.82, 2.24) is 15.3 Å². The molecule has 2 N–H and O–H groups in total. The van der Waals surface area contributed by atoms with Crippen molar-refractivity contribution in [2.45, 2.75) is 18.8 Å². The van der Waals surface area contributed by atoms with Gasteiger partial charge in [-0.3, -0.25) is 0 Å². The summed E-state index contributed by atoms with van der Waals surface area (Å²) in [7, 11) is 1.65. The van der Waals surface area contributed by atoms with E-state index < -0.39 is 0 Å². The Morgan fingerprint density at radius 2 is 2.00 bits per heavy atom. The van der Waals surface area contributed by atoms with Gasteiger partial charge in [-0.25, -0.2) is 14.4 Å². The third kappa shape index (κ3) is 4.28. The van der Waals surface area contributed by atoms with E-state index in [4.69, 9.17) is 14.7 Å². The Morgan fingerprint density at radius 3 is 2.79 bits per heavy atom. The molecule has 144 valence electrons. The monoisotopic (exact) mass is 378 g/mol. The summed E-state index contributed by atoms with van der Waals surface area (Å²) in [6.07, 6.45) is 2.15. The highest BCUT2D eigenvalue weighted by molar-refractivity contribution is 5.67. The maximum atomic E-state index is 13.6. The molecule has 1 fully saturated rings. The molecule has 0 saturated carbocycles. The molecule has 1 aromatic heterocycles. The predicted molar refractivity (Wildman–Crippen MR) is 109 cm³/mol. The molecule has 1 unspecified atom stereocenters. The molecule has 0 bridgehead atoms. The first-order chi connectivity index (χ1) is 13.7. The molecular formula is C22H23FN4O. The van der Waals surface area contributed by atoms with Gasteiger partial charge in [-0.05, 0) is 49.7 Å². The maximum Gasteiger partial charge on any atom is 0.135 e. The van der Waals surface area contributed by atoms with Crippen LogP contribution in [0.25, 0.3) is 11.3 Å². The van der Waals surface area contributed by atoms with Gasteiger partial charge < -0.3 is 15.4 Å². The molecule has 1 aliphatic heterocycles.